The van der Waals surface area contributed by atoms with Gasteiger partial charge >= 0.3 is 0 Å². The first-order valence-corrected chi connectivity index (χ1v) is 5.24. The standard InChI is InChI=1S/C11H22/c1-4-5-9(2)8-10(3)11-6-7-11/h9-11H,4-8H2,1-3H3. The van der Waals surface area contributed by atoms with Crippen molar-refractivity contribution < 1.29 is 0 Å². The minimum Gasteiger partial charge on any atom is -0.0654 e. The summed E-state index contributed by atoms with van der Waals surface area (Å²) in [5.41, 5.74) is 0. The second-order valence-corrected chi connectivity index (χ2v) is 4.44. The summed E-state index contributed by atoms with van der Waals surface area (Å²) in [5.74, 6) is 3.08. The molecule has 1 aliphatic carbocycles. The van der Waals surface area contributed by atoms with Crippen molar-refractivity contribution in [2.24, 2.45) is 17.8 Å². The largest absolute Gasteiger partial charge is 0.0654 e. The highest BCUT2D eigenvalue weighted by Gasteiger charge is 2.28. The van der Waals surface area contributed by atoms with Crippen LogP contribution in [0.5, 0.6) is 0 Å². The lowest BCUT2D eigenvalue weighted by Crippen LogP contribution is -2.04. The predicted molar refractivity (Wildman–Crippen MR) is 50.6 cm³/mol. The molecule has 2 unspecified atom stereocenters. The maximum Gasteiger partial charge on any atom is -0.0388 e. The van der Waals surface area contributed by atoms with Gasteiger partial charge in [-0.1, -0.05) is 33.6 Å². The summed E-state index contributed by atoms with van der Waals surface area (Å²) < 4.78 is 0. The maximum atomic E-state index is 2.43. The van der Waals surface area contributed by atoms with Crippen LogP contribution in [0.15, 0.2) is 0 Å². The van der Waals surface area contributed by atoms with Crippen LogP contribution in [0.1, 0.15) is 52.9 Å². The van der Waals surface area contributed by atoms with Gasteiger partial charge in [-0.05, 0) is 37.0 Å². The van der Waals surface area contributed by atoms with Gasteiger partial charge in [-0.3, -0.25) is 0 Å². The van der Waals surface area contributed by atoms with E-state index in [0.717, 1.165) is 17.8 Å². The van der Waals surface area contributed by atoms with Crippen LogP contribution in [0.3, 0.4) is 0 Å². The quantitative estimate of drug-likeness (QED) is 0.564. The van der Waals surface area contributed by atoms with Crippen LogP contribution in [-0.2, 0) is 0 Å². The molecule has 0 aromatic rings. The summed E-state index contributed by atoms with van der Waals surface area (Å²) in [6.45, 7) is 7.13. The Morgan fingerprint density at radius 2 is 1.91 bits per heavy atom. The molecule has 1 aliphatic rings. The minimum atomic E-state index is 0.968. The van der Waals surface area contributed by atoms with E-state index in [0.29, 0.717) is 0 Å². The second kappa shape index (κ2) is 4.13. The zero-order valence-corrected chi connectivity index (χ0v) is 8.27. The fraction of sp³-hybridized carbons (Fsp3) is 1.00. The molecular formula is C11H22. The molecule has 0 radical (unpaired) electrons. The Labute approximate surface area is 71.4 Å². The van der Waals surface area contributed by atoms with Crippen molar-refractivity contribution in [3.8, 4) is 0 Å². The molecule has 0 bridgehead atoms. The van der Waals surface area contributed by atoms with Crippen LogP contribution in [0.2, 0.25) is 0 Å². The molecule has 0 saturated heterocycles. The molecule has 66 valence electrons. The van der Waals surface area contributed by atoms with Crippen molar-refractivity contribution in [2.75, 3.05) is 0 Å². The van der Waals surface area contributed by atoms with Crippen LogP contribution >= 0.6 is 0 Å². The first-order chi connectivity index (χ1) is 5.24. The number of hydrogen-bond donors (Lipinski definition) is 0. The smallest absolute Gasteiger partial charge is 0.0388 e. The highest BCUT2D eigenvalue weighted by molar-refractivity contribution is 4.79. The van der Waals surface area contributed by atoms with Gasteiger partial charge in [0.25, 0.3) is 0 Å². The number of rotatable bonds is 5. The SMILES string of the molecule is CCCC(C)CC(C)C1CC1. The van der Waals surface area contributed by atoms with Crippen molar-refractivity contribution in [2.45, 2.75) is 52.9 Å². The summed E-state index contributed by atoms with van der Waals surface area (Å²) in [5, 5.41) is 0. The van der Waals surface area contributed by atoms with Gasteiger partial charge in [0.15, 0.2) is 0 Å². The molecule has 0 amide bonds. The molecule has 11 heavy (non-hydrogen) atoms. The lowest BCUT2D eigenvalue weighted by atomic mass is 9.91. The zero-order chi connectivity index (χ0) is 8.27. The highest BCUT2D eigenvalue weighted by atomic mass is 14.3. The van der Waals surface area contributed by atoms with Crippen LogP contribution in [0.4, 0.5) is 0 Å². The van der Waals surface area contributed by atoms with E-state index in [1.54, 1.807) is 0 Å². The van der Waals surface area contributed by atoms with Crippen molar-refractivity contribution in [3.63, 3.8) is 0 Å². The Balaban J connectivity index is 2.07. The van der Waals surface area contributed by atoms with E-state index in [1.807, 2.05) is 0 Å². The molecule has 1 fully saturated rings. The Hall–Kier alpha value is 0. The molecule has 2 atom stereocenters. The molecule has 0 heteroatoms. The van der Waals surface area contributed by atoms with Gasteiger partial charge in [0, 0.05) is 0 Å². The first kappa shape index (κ1) is 9.09. The molecular weight excluding hydrogens is 132 g/mol. The fourth-order valence-corrected chi connectivity index (χ4v) is 2.10. The van der Waals surface area contributed by atoms with E-state index >= 15 is 0 Å². The monoisotopic (exact) mass is 154 g/mol. The molecule has 0 nitrogen and oxygen atoms in total. The normalized spacial score (nSPS) is 23.2. The van der Waals surface area contributed by atoms with Gasteiger partial charge < -0.3 is 0 Å². The second-order valence-electron chi connectivity index (χ2n) is 4.44. The van der Waals surface area contributed by atoms with E-state index < -0.39 is 0 Å². The summed E-state index contributed by atoms with van der Waals surface area (Å²) in [6.07, 6.45) is 7.29. The lowest BCUT2D eigenvalue weighted by molar-refractivity contribution is 0.362. The Morgan fingerprint density at radius 3 is 2.36 bits per heavy atom. The van der Waals surface area contributed by atoms with Crippen molar-refractivity contribution in [1.82, 2.24) is 0 Å². The number of hydrogen-bond acceptors (Lipinski definition) is 0. The predicted octanol–water partition coefficient (Wildman–Crippen LogP) is 3.86. The molecule has 1 rings (SSSR count). The molecule has 0 aromatic carbocycles. The van der Waals surface area contributed by atoms with E-state index in [-0.39, 0.29) is 0 Å². The van der Waals surface area contributed by atoms with Gasteiger partial charge in [-0.25, -0.2) is 0 Å². The summed E-state index contributed by atoms with van der Waals surface area (Å²) in [7, 11) is 0. The van der Waals surface area contributed by atoms with E-state index in [2.05, 4.69) is 20.8 Å². The van der Waals surface area contributed by atoms with Crippen molar-refractivity contribution >= 4 is 0 Å². The Bertz CT molecular complexity index is 103. The Kier molecular flexibility index (Phi) is 3.42. The summed E-state index contributed by atoms with van der Waals surface area (Å²) in [6, 6.07) is 0. The molecule has 0 heterocycles. The fourth-order valence-electron chi connectivity index (χ4n) is 2.10. The van der Waals surface area contributed by atoms with E-state index in [4.69, 9.17) is 0 Å². The minimum absolute atomic E-state index is 0.968. The van der Waals surface area contributed by atoms with Gasteiger partial charge in [0.1, 0.15) is 0 Å². The topological polar surface area (TPSA) is 0 Å². The summed E-state index contributed by atoms with van der Waals surface area (Å²) >= 11 is 0. The van der Waals surface area contributed by atoms with Crippen LogP contribution in [0.25, 0.3) is 0 Å². The van der Waals surface area contributed by atoms with Crippen LogP contribution in [0, 0.1) is 17.8 Å². The Morgan fingerprint density at radius 1 is 1.27 bits per heavy atom. The van der Waals surface area contributed by atoms with Crippen molar-refractivity contribution in [3.05, 3.63) is 0 Å². The summed E-state index contributed by atoms with van der Waals surface area (Å²) in [4.78, 5) is 0. The molecule has 0 aliphatic heterocycles. The molecule has 1 saturated carbocycles. The van der Waals surface area contributed by atoms with Crippen LogP contribution in [-0.4, -0.2) is 0 Å². The van der Waals surface area contributed by atoms with Gasteiger partial charge in [-0.2, -0.15) is 0 Å². The highest BCUT2D eigenvalue weighted by Crippen LogP contribution is 2.39. The van der Waals surface area contributed by atoms with Crippen LogP contribution < -0.4 is 0 Å². The lowest BCUT2D eigenvalue weighted by Gasteiger charge is -2.15. The third-order valence-electron chi connectivity index (χ3n) is 2.98. The van der Waals surface area contributed by atoms with Gasteiger partial charge in [-0.15, -0.1) is 0 Å². The zero-order valence-electron chi connectivity index (χ0n) is 8.27. The molecule has 0 aromatic heterocycles. The average Bonchev–Trinajstić information content (AvgIpc) is 2.67. The van der Waals surface area contributed by atoms with Gasteiger partial charge in [0.05, 0.1) is 0 Å². The van der Waals surface area contributed by atoms with Crippen molar-refractivity contribution in [1.29, 1.82) is 0 Å². The first-order valence-electron chi connectivity index (χ1n) is 5.24. The average molecular weight is 154 g/mol. The van der Waals surface area contributed by atoms with E-state index in [9.17, 15) is 0 Å². The molecule has 0 N–H and O–H groups in total. The maximum absolute atomic E-state index is 2.43. The third-order valence-corrected chi connectivity index (χ3v) is 2.98. The third kappa shape index (κ3) is 3.27. The van der Waals surface area contributed by atoms with Gasteiger partial charge in [0.2, 0.25) is 0 Å². The molecule has 0 spiro atoms. The van der Waals surface area contributed by atoms with E-state index in [1.165, 1.54) is 32.1 Å².